The monoisotopic (exact) mass is 209 g/mol. The first-order valence-corrected chi connectivity index (χ1v) is 5.76. The normalized spacial score (nSPS) is 27.5. The predicted octanol–water partition coefficient (Wildman–Crippen LogP) is 1.19. The van der Waals surface area contributed by atoms with Gasteiger partial charge in [-0.05, 0) is 12.8 Å². The van der Waals surface area contributed by atoms with Crippen molar-refractivity contribution < 1.29 is 5.11 Å². The lowest BCUT2D eigenvalue weighted by atomic mass is 10.1. The van der Waals surface area contributed by atoms with Gasteiger partial charge in [-0.3, -0.25) is 0 Å². The van der Waals surface area contributed by atoms with E-state index in [2.05, 4.69) is 15.3 Å². The first kappa shape index (κ1) is 10.6. The number of nitrogens with zero attached hydrogens (tertiary/aromatic N) is 1. The van der Waals surface area contributed by atoms with Crippen LogP contribution in [-0.4, -0.2) is 27.2 Å². The zero-order valence-corrected chi connectivity index (χ0v) is 8.95. The lowest BCUT2D eigenvalue weighted by Crippen LogP contribution is -2.38. The van der Waals surface area contributed by atoms with Gasteiger partial charge in [0.15, 0.2) is 0 Å². The number of aromatic nitrogens is 2. The molecule has 4 heteroatoms. The van der Waals surface area contributed by atoms with Gasteiger partial charge in [0, 0.05) is 18.4 Å². The largest absolute Gasteiger partial charge is 0.392 e. The standard InChI is InChI=1S/C11H19N3O/c15-10-5-3-1-2-4-9(10)14-8-11-12-6-7-13-11/h6-7,9-10,14-15H,1-5,8H2,(H,12,13). The zero-order chi connectivity index (χ0) is 10.5. The lowest BCUT2D eigenvalue weighted by molar-refractivity contribution is 0.119. The Morgan fingerprint density at radius 1 is 1.40 bits per heavy atom. The molecule has 0 amide bonds. The van der Waals surface area contributed by atoms with Gasteiger partial charge in [0.1, 0.15) is 5.82 Å². The van der Waals surface area contributed by atoms with Crippen molar-refractivity contribution in [3.63, 3.8) is 0 Å². The molecule has 2 rings (SSSR count). The van der Waals surface area contributed by atoms with Crippen LogP contribution in [0.1, 0.15) is 37.9 Å². The molecule has 1 aliphatic rings. The highest BCUT2D eigenvalue weighted by atomic mass is 16.3. The van der Waals surface area contributed by atoms with Crippen molar-refractivity contribution in [3.8, 4) is 0 Å². The van der Waals surface area contributed by atoms with E-state index in [-0.39, 0.29) is 12.1 Å². The van der Waals surface area contributed by atoms with E-state index in [1.54, 1.807) is 6.20 Å². The summed E-state index contributed by atoms with van der Waals surface area (Å²) in [6.07, 6.45) is 8.99. The average Bonchev–Trinajstić information content (AvgIpc) is 2.67. The second-order valence-corrected chi connectivity index (χ2v) is 4.23. The van der Waals surface area contributed by atoms with Gasteiger partial charge in [-0.25, -0.2) is 4.98 Å². The van der Waals surface area contributed by atoms with Crippen molar-refractivity contribution in [2.45, 2.75) is 50.8 Å². The third-order valence-corrected chi connectivity index (χ3v) is 3.07. The van der Waals surface area contributed by atoms with E-state index in [4.69, 9.17) is 0 Å². The molecule has 1 aromatic rings. The second kappa shape index (κ2) is 5.28. The van der Waals surface area contributed by atoms with Crippen LogP contribution in [0.25, 0.3) is 0 Å². The fourth-order valence-corrected chi connectivity index (χ4v) is 2.15. The maximum absolute atomic E-state index is 9.88. The Morgan fingerprint density at radius 2 is 2.27 bits per heavy atom. The van der Waals surface area contributed by atoms with Gasteiger partial charge < -0.3 is 15.4 Å². The highest BCUT2D eigenvalue weighted by Gasteiger charge is 2.20. The number of hydrogen-bond donors (Lipinski definition) is 3. The molecule has 15 heavy (non-hydrogen) atoms. The van der Waals surface area contributed by atoms with Crippen LogP contribution in [0.15, 0.2) is 12.4 Å². The highest BCUT2D eigenvalue weighted by molar-refractivity contribution is 4.88. The van der Waals surface area contributed by atoms with Crippen LogP contribution in [0.4, 0.5) is 0 Å². The van der Waals surface area contributed by atoms with Crippen LogP contribution in [0.5, 0.6) is 0 Å². The van der Waals surface area contributed by atoms with Crippen molar-refractivity contribution in [1.29, 1.82) is 0 Å². The summed E-state index contributed by atoms with van der Waals surface area (Å²) in [5.74, 6) is 0.937. The minimum absolute atomic E-state index is 0.192. The quantitative estimate of drug-likeness (QED) is 0.655. The first-order chi connectivity index (χ1) is 7.36. The van der Waals surface area contributed by atoms with Crippen molar-refractivity contribution in [2.24, 2.45) is 0 Å². The Hall–Kier alpha value is -0.870. The second-order valence-electron chi connectivity index (χ2n) is 4.23. The Labute approximate surface area is 90.1 Å². The van der Waals surface area contributed by atoms with Gasteiger partial charge in [0.05, 0.1) is 12.6 Å². The SMILES string of the molecule is OC1CCCCCC1NCc1ncc[nH]1. The van der Waals surface area contributed by atoms with Gasteiger partial charge in [0.25, 0.3) is 0 Å². The van der Waals surface area contributed by atoms with E-state index in [0.29, 0.717) is 6.54 Å². The summed E-state index contributed by atoms with van der Waals surface area (Å²) in [5.41, 5.74) is 0. The van der Waals surface area contributed by atoms with E-state index in [0.717, 1.165) is 25.1 Å². The van der Waals surface area contributed by atoms with E-state index in [1.807, 2.05) is 6.20 Å². The molecule has 0 radical (unpaired) electrons. The first-order valence-electron chi connectivity index (χ1n) is 5.76. The summed E-state index contributed by atoms with van der Waals surface area (Å²) < 4.78 is 0. The van der Waals surface area contributed by atoms with E-state index >= 15 is 0 Å². The smallest absolute Gasteiger partial charge is 0.120 e. The van der Waals surface area contributed by atoms with Gasteiger partial charge in [0.2, 0.25) is 0 Å². The number of imidazole rings is 1. The molecule has 1 aliphatic carbocycles. The van der Waals surface area contributed by atoms with Crippen LogP contribution in [0.2, 0.25) is 0 Å². The predicted molar refractivity (Wildman–Crippen MR) is 58.3 cm³/mol. The number of aromatic amines is 1. The Kier molecular flexibility index (Phi) is 3.75. The molecule has 1 fully saturated rings. The third-order valence-electron chi connectivity index (χ3n) is 3.07. The minimum Gasteiger partial charge on any atom is -0.392 e. The Balaban J connectivity index is 1.81. The van der Waals surface area contributed by atoms with Crippen LogP contribution in [0.3, 0.4) is 0 Å². The average molecular weight is 209 g/mol. The van der Waals surface area contributed by atoms with Gasteiger partial charge in [-0.2, -0.15) is 0 Å². The highest BCUT2D eigenvalue weighted by Crippen LogP contribution is 2.18. The molecule has 2 unspecified atom stereocenters. The van der Waals surface area contributed by atoms with Gasteiger partial charge >= 0.3 is 0 Å². The molecule has 84 valence electrons. The number of nitrogens with one attached hydrogen (secondary N) is 2. The molecule has 4 nitrogen and oxygen atoms in total. The molecule has 0 aliphatic heterocycles. The topological polar surface area (TPSA) is 60.9 Å². The van der Waals surface area contributed by atoms with Crippen LogP contribution in [0, 0.1) is 0 Å². The summed E-state index contributed by atoms with van der Waals surface area (Å²) in [6, 6.07) is 0.234. The molecular weight excluding hydrogens is 190 g/mol. The van der Waals surface area contributed by atoms with Crippen molar-refractivity contribution in [1.82, 2.24) is 15.3 Å². The van der Waals surface area contributed by atoms with Crippen LogP contribution >= 0.6 is 0 Å². The van der Waals surface area contributed by atoms with Crippen LogP contribution in [-0.2, 0) is 6.54 Å². The molecule has 1 heterocycles. The summed E-state index contributed by atoms with van der Waals surface area (Å²) in [6.45, 7) is 0.717. The van der Waals surface area contributed by atoms with E-state index in [9.17, 15) is 5.11 Å². The van der Waals surface area contributed by atoms with Gasteiger partial charge in [-0.15, -0.1) is 0 Å². The molecule has 0 saturated heterocycles. The maximum atomic E-state index is 9.88. The molecule has 1 saturated carbocycles. The summed E-state index contributed by atoms with van der Waals surface area (Å²) in [5, 5.41) is 13.3. The maximum Gasteiger partial charge on any atom is 0.120 e. The molecule has 3 N–H and O–H groups in total. The lowest BCUT2D eigenvalue weighted by Gasteiger charge is -2.21. The number of H-pyrrole nitrogens is 1. The summed E-state index contributed by atoms with van der Waals surface area (Å²) in [7, 11) is 0. The molecule has 0 bridgehead atoms. The van der Waals surface area contributed by atoms with Crippen LogP contribution < -0.4 is 5.32 Å². The number of aliphatic hydroxyl groups is 1. The van der Waals surface area contributed by atoms with Gasteiger partial charge in [-0.1, -0.05) is 19.3 Å². The Morgan fingerprint density at radius 3 is 3.07 bits per heavy atom. The molecule has 1 aromatic heterocycles. The summed E-state index contributed by atoms with van der Waals surface area (Å²) in [4.78, 5) is 7.20. The zero-order valence-electron chi connectivity index (χ0n) is 8.95. The molecule has 0 spiro atoms. The van der Waals surface area contributed by atoms with Crippen molar-refractivity contribution >= 4 is 0 Å². The number of hydrogen-bond acceptors (Lipinski definition) is 3. The number of aliphatic hydroxyl groups excluding tert-OH is 1. The molecule has 2 atom stereocenters. The fraction of sp³-hybridized carbons (Fsp3) is 0.727. The van der Waals surface area contributed by atoms with E-state index < -0.39 is 0 Å². The minimum atomic E-state index is -0.192. The third kappa shape index (κ3) is 3.04. The summed E-state index contributed by atoms with van der Waals surface area (Å²) >= 11 is 0. The molecule has 0 aromatic carbocycles. The van der Waals surface area contributed by atoms with Crippen molar-refractivity contribution in [2.75, 3.05) is 0 Å². The number of rotatable bonds is 3. The fourth-order valence-electron chi connectivity index (χ4n) is 2.15. The molecular formula is C11H19N3O. The van der Waals surface area contributed by atoms with E-state index in [1.165, 1.54) is 12.8 Å². The van der Waals surface area contributed by atoms with Crippen molar-refractivity contribution in [3.05, 3.63) is 18.2 Å². The Bertz CT molecular complexity index is 273.